The lowest BCUT2D eigenvalue weighted by molar-refractivity contribution is 0.391. The third-order valence-corrected chi connectivity index (χ3v) is 3.92. The van der Waals surface area contributed by atoms with Crippen LogP contribution in [0.15, 0.2) is 33.7 Å². The maximum Gasteiger partial charge on any atom is 0.204 e. The highest BCUT2D eigenvalue weighted by atomic mass is 35.5. The molecule has 5 heteroatoms. The summed E-state index contributed by atoms with van der Waals surface area (Å²) in [5.41, 5.74) is 6.57. The van der Waals surface area contributed by atoms with Crippen molar-refractivity contribution in [3.63, 3.8) is 0 Å². The van der Waals surface area contributed by atoms with Crippen molar-refractivity contribution in [3.8, 4) is 0 Å². The second-order valence-corrected chi connectivity index (χ2v) is 6.79. The van der Waals surface area contributed by atoms with Crippen LogP contribution in [0.4, 0.5) is 5.69 Å². The Morgan fingerprint density at radius 3 is 2.68 bits per heavy atom. The number of aromatic nitrogens is 1. The van der Waals surface area contributed by atoms with Gasteiger partial charge in [0, 0.05) is 21.0 Å². The molecule has 1 aromatic heterocycles. The van der Waals surface area contributed by atoms with Crippen molar-refractivity contribution in [3.05, 3.63) is 41.1 Å². The Hall–Kier alpha value is -1.13. The molecule has 0 radical (unpaired) electrons. The fraction of sp³-hybridized carbons (Fsp3) is 0.357. The van der Waals surface area contributed by atoms with Crippen molar-refractivity contribution in [2.45, 2.75) is 36.8 Å². The quantitative estimate of drug-likeness (QED) is 0.669. The summed E-state index contributed by atoms with van der Waals surface area (Å²) in [6.45, 7) is 6.30. The van der Waals surface area contributed by atoms with Gasteiger partial charge in [-0.25, -0.2) is 4.98 Å². The Bertz CT molecular complexity index is 575. The van der Waals surface area contributed by atoms with E-state index in [0.717, 1.165) is 10.7 Å². The number of hydrogen-bond acceptors (Lipinski definition) is 4. The van der Waals surface area contributed by atoms with Crippen LogP contribution in [0.3, 0.4) is 0 Å². The van der Waals surface area contributed by atoms with Gasteiger partial charge in [-0.1, -0.05) is 32.4 Å². The van der Waals surface area contributed by atoms with Crippen LogP contribution in [0.2, 0.25) is 5.02 Å². The number of rotatable bonds is 3. The second-order valence-electron chi connectivity index (χ2n) is 5.34. The predicted octanol–water partition coefficient (Wildman–Crippen LogP) is 4.50. The van der Waals surface area contributed by atoms with E-state index in [1.807, 2.05) is 12.1 Å². The molecule has 0 aliphatic heterocycles. The molecule has 19 heavy (non-hydrogen) atoms. The summed E-state index contributed by atoms with van der Waals surface area (Å²) >= 11 is 7.46. The molecule has 3 nitrogen and oxygen atoms in total. The zero-order valence-electron chi connectivity index (χ0n) is 11.2. The van der Waals surface area contributed by atoms with Gasteiger partial charge in [0.05, 0.1) is 11.9 Å². The summed E-state index contributed by atoms with van der Waals surface area (Å²) in [6.07, 6.45) is 1.79. The molecular weight excluding hydrogens is 280 g/mol. The van der Waals surface area contributed by atoms with Crippen LogP contribution >= 0.6 is 23.4 Å². The van der Waals surface area contributed by atoms with Gasteiger partial charge in [0.1, 0.15) is 5.76 Å². The van der Waals surface area contributed by atoms with Crippen molar-refractivity contribution >= 4 is 29.1 Å². The summed E-state index contributed by atoms with van der Waals surface area (Å²) in [7, 11) is 0. The van der Waals surface area contributed by atoms with Crippen molar-refractivity contribution in [2.24, 2.45) is 0 Å². The number of halogens is 1. The molecule has 0 atom stereocenters. The van der Waals surface area contributed by atoms with E-state index in [9.17, 15) is 0 Å². The molecule has 0 amide bonds. The van der Waals surface area contributed by atoms with Gasteiger partial charge in [0.2, 0.25) is 5.89 Å². The van der Waals surface area contributed by atoms with Crippen LogP contribution in [0.1, 0.15) is 32.4 Å². The van der Waals surface area contributed by atoms with E-state index in [1.165, 1.54) is 0 Å². The van der Waals surface area contributed by atoms with Crippen LogP contribution in [0.5, 0.6) is 0 Å². The molecule has 0 aliphatic carbocycles. The molecule has 0 unspecified atom stereocenters. The van der Waals surface area contributed by atoms with E-state index < -0.39 is 0 Å². The lowest BCUT2D eigenvalue weighted by atomic mass is 9.94. The van der Waals surface area contributed by atoms with E-state index in [1.54, 1.807) is 24.0 Å². The van der Waals surface area contributed by atoms with Crippen molar-refractivity contribution in [1.29, 1.82) is 0 Å². The Morgan fingerprint density at radius 1 is 1.37 bits per heavy atom. The average molecular weight is 297 g/mol. The first-order valence-electron chi connectivity index (χ1n) is 5.99. The van der Waals surface area contributed by atoms with Gasteiger partial charge in [0.15, 0.2) is 0 Å². The minimum Gasteiger partial charge on any atom is -0.444 e. The van der Waals surface area contributed by atoms with Crippen LogP contribution in [-0.4, -0.2) is 4.98 Å². The summed E-state index contributed by atoms with van der Waals surface area (Å²) < 4.78 is 5.73. The topological polar surface area (TPSA) is 52.0 Å². The summed E-state index contributed by atoms with van der Waals surface area (Å²) in [5, 5.41) is 0.646. The second kappa shape index (κ2) is 5.47. The average Bonchev–Trinajstić information content (AvgIpc) is 2.76. The fourth-order valence-corrected chi connectivity index (χ4v) is 2.50. The highest BCUT2D eigenvalue weighted by Crippen LogP contribution is 2.31. The third kappa shape index (κ3) is 3.67. The van der Waals surface area contributed by atoms with Gasteiger partial charge < -0.3 is 10.2 Å². The zero-order chi connectivity index (χ0) is 14.0. The van der Waals surface area contributed by atoms with Crippen molar-refractivity contribution in [2.75, 3.05) is 5.73 Å². The first-order valence-corrected chi connectivity index (χ1v) is 7.35. The molecule has 0 spiro atoms. The van der Waals surface area contributed by atoms with Gasteiger partial charge in [-0.05, 0) is 18.2 Å². The van der Waals surface area contributed by atoms with Crippen LogP contribution in [-0.2, 0) is 11.2 Å². The minimum atomic E-state index is -0.0186. The molecule has 1 heterocycles. The summed E-state index contributed by atoms with van der Waals surface area (Å²) in [4.78, 5) is 5.28. The normalized spacial score (nSPS) is 11.8. The lowest BCUT2D eigenvalue weighted by Crippen LogP contribution is -2.09. The Morgan fingerprint density at radius 2 is 2.11 bits per heavy atom. The lowest BCUT2D eigenvalue weighted by Gasteiger charge is -2.13. The number of benzene rings is 1. The number of nitrogens with zero attached hydrogens (tertiary/aromatic N) is 1. The molecule has 0 aliphatic rings. The molecule has 0 bridgehead atoms. The fourth-order valence-electron chi connectivity index (χ4n) is 1.51. The van der Waals surface area contributed by atoms with Gasteiger partial charge in [-0.3, -0.25) is 0 Å². The molecular formula is C14H17ClN2OS. The maximum atomic E-state index is 5.90. The van der Waals surface area contributed by atoms with Gasteiger partial charge >= 0.3 is 0 Å². The first-order chi connectivity index (χ1) is 8.86. The van der Waals surface area contributed by atoms with E-state index >= 15 is 0 Å². The number of nitrogen functional groups attached to an aromatic ring is 1. The van der Waals surface area contributed by atoms with Gasteiger partial charge in [0.25, 0.3) is 0 Å². The first kappa shape index (κ1) is 14.3. The Kier molecular flexibility index (Phi) is 4.11. The van der Waals surface area contributed by atoms with E-state index in [0.29, 0.717) is 22.4 Å². The number of oxazole rings is 1. The molecule has 102 valence electrons. The van der Waals surface area contributed by atoms with Gasteiger partial charge in [-0.15, -0.1) is 11.8 Å². The van der Waals surface area contributed by atoms with Crippen molar-refractivity contribution in [1.82, 2.24) is 4.98 Å². The van der Waals surface area contributed by atoms with E-state index in [2.05, 4.69) is 25.8 Å². The standard InChI is InChI=1S/C14H17ClN2OS/c1-14(2,3)12-7-17-13(18-12)8-19-11-5-4-9(15)6-10(11)16/h4-7H,8,16H2,1-3H3. The molecule has 2 rings (SSSR count). The molecule has 0 saturated heterocycles. The maximum absolute atomic E-state index is 5.90. The van der Waals surface area contributed by atoms with Crippen LogP contribution in [0.25, 0.3) is 0 Å². The molecule has 0 fully saturated rings. The smallest absolute Gasteiger partial charge is 0.204 e. The van der Waals surface area contributed by atoms with Gasteiger partial charge in [-0.2, -0.15) is 0 Å². The summed E-state index contributed by atoms with van der Waals surface area (Å²) in [6, 6.07) is 5.49. The Balaban J connectivity index is 2.04. The van der Waals surface area contributed by atoms with Crippen molar-refractivity contribution < 1.29 is 4.42 Å². The number of hydrogen-bond donors (Lipinski definition) is 1. The van der Waals surface area contributed by atoms with Crippen LogP contribution < -0.4 is 5.73 Å². The van der Waals surface area contributed by atoms with E-state index in [-0.39, 0.29) is 5.41 Å². The summed E-state index contributed by atoms with van der Waals surface area (Å²) in [5.74, 6) is 2.26. The van der Waals surface area contributed by atoms with E-state index in [4.69, 9.17) is 21.8 Å². The highest BCUT2D eigenvalue weighted by Gasteiger charge is 2.19. The number of nitrogens with two attached hydrogens (primary N) is 1. The number of thioether (sulfide) groups is 1. The molecule has 0 saturated carbocycles. The predicted molar refractivity (Wildman–Crippen MR) is 80.6 cm³/mol. The zero-order valence-corrected chi connectivity index (χ0v) is 12.8. The SMILES string of the molecule is CC(C)(C)c1cnc(CSc2ccc(Cl)cc2N)o1. The molecule has 2 N–H and O–H groups in total. The third-order valence-electron chi connectivity index (χ3n) is 2.62. The largest absolute Gasteiger partial charge is 0.444 e. The molecule has 1 aromatic carbocycles. The monoisotopic (exact) mass is 296 g/mol. The Labute approximate surface area is 122 Å². The minimum absolute atomic E-state index is 0.0186. The van der Waals surface area contributed by atoms with Crippen LogP contribution in [0, 0.1) is 0 Å². The number of anilines is 1. The molecule has 2 aromatic rings. The highest BCUT2D eigenvalue weighted by molar-refractivity contribution is 7.98.